The van der Waals surface area contributed by atoms with Crippen LogP contribution < -0.4 is 10.9 Å². The van der Waals surface area contributed by atoms with E-state index in [1.54, 1.807) is 0 Å². The van der Waals surface area contributed by atoms with Gasteiger partial charge in [0.1, 0.15) is 5.02 Å². The molecule has 0 spiro atoms. The summed E-state index contributed by atoms with van der Waals surface area (Å²) in [5.41, 5.74) is -0.488. The number of aliphatic hydroxyl groups is 1. The molecule has 0 aromatic carbocycles. The first kappa shape index (κ1) is 13.4. The third-order valence-corrected chi connectivity index (χ3v) is 3.79. The maximum atomic E-state index is 11.8. The van der Waals surface area contributed by atoms with Crippen LogP contribution in [-0.2, 0) is 6.54 Å². The Balaban J connectivity index is 2.10. The Morgan fingerprint density at radius 3 is 2.83 bits per heavy atom. The molecule has 1 aromatic heterocycles. The quantitative estimate of drug-likeness (QED) is 0.874. The molecule has 0 saturated heterocycles. The predicted octanol–water partition coefficient (Wildman–Crippen LogP) is 1.63. The van der Waals surface area contributed by atoms with Gasteiger partial charge in [0.2, 0.25) is 0 Å². The number of hydrogen-bond donors (Lipinski definition) is 2. The smallest absolute Gasteiger partial charge is 0.287 e. The molecule has 5 nitrogen and oxygen atoms in total. The number of rotatable bonds is 4. The van der Waals surface area contributed by atoms with Gasteiger partial charge in [-0.25, -0.2) is 4.68 Å². The summed E-state index contributed by atoms with van der Waals surface area (Å²) in [5.74, 6) is 0. The zero-order chi connectivity index (χ0) is 13.2. The van der Waals surface area contributed by atoms with Crippen LogP contribution in [0.5, 0.6) is 0 Å². The summed E-state index contributed by atoms with van der Waals surface area (Å²) in [6.45, 7) is 2.73. The molecule has 1 saturated carbocycles. The fourth-order valence-electron chi connectivity index (χ4n) is 2.28. The number of anilines is 1. The van der Waals surface area contributed by atoms with Crippen molar-refractivity contribution in [2.75, 3.05) is 11.9 Å². The largest absolute Gasteiger partial charge is 0.388 e. The number of nitrogens with zero attached hydrogens (tertiary/aromatic N) is 2. The van der Waals surface area contributed by atoms with Gasteiger partial charge in [-0.3, -0.25) is 4.79 Å². The van der Waals surface area contributed by atoms with Gasteiger partial charge in [-0.2, -0.15) is 5.10 Å². The van der Waals surface area contributed by atoms with Crippen LogP contribution in [0.25, 0.3) is 0 Å². The van der Waals surface area contributed by atoms with Crippen molar-refractivity contribution in [3.63, 3.8) is 0 Å². The van der Waals surface area contributed by atoms with E-state index in [0.29, 0.717) is 18.8 Å². The molecule has 1 aliphatic carbocycles. The summed E-state index contributed by atoms with van der Waals surface area (Å²) >= 11 is 5.99. The number of aryl methyl sites for hydroxylation is 1. The van der Waals surface area contributed by atoms with E-state index in [2.05, 4.69) is 10.4 Å². The van der Waals surface area contributed by atoms with Gasteiger partial charge >= 0.3 is 0 Å². The van der Waals surface area contributed by atoms with Crippen molar-refractivity contribution in [3.05, 3.63) is 21.6 Å². The van der Waals surface area contributed by atoms with E-state index in [0.717, 1.165) is 25.7 Å². The van der Waals surface area contributed by atoms with Crippen LogP contribution in [0.4, 0.5) is 5.69 Å². The Hall–Kier alpha value is -1.07. The third kappa shape index (κ3) is 2.67. The second kappa shape index (κ2) is 5.28. The summed E-state index contributed by atoms with van der Waals surface area (Å²) in [5, 5.41) is 17.4. The summed E-state index contributed by atoms with van der Waals surface area (Å²) < 4.78 is 1.30. The third-order valence-electron chi connectivity index (χ3n) is 3.43. The van der Waals surface area contributed by atoms with Crippen molar-refractivity contribution in [1.82, 2.24) is 9.78 Å². The first-order valence-electron chi connectivity index (χ1n) is 6.27. The minimum absolute atomic E-state index is 0.133. The van der Waals surface area contributed by atoms with Crippen LogP contribution in [0.15, 0.2) is 11.0 Å². The van der Waals surface area contributed by atoms with Gasteiger partial charge in [0.15, 0.2) is 0 Å². The molecule has 18 heavy (non-hydrogen) atoms. The lowest BCUT2D eigenvalue weighted by Gasteiger charge is -2.23. The van der Waals surface area contributed by atoms with Crippen LogP contribution in [0, 0.1) is 0 Å². The summed E-state index contributed by atoms with van der Waals surface area (Å²) in [4.78, 5) is 11.8. The molecule has 0 atom stereocenters. The molecule has 0 amide bonds. The lowest BCUT2D eigenvalue weighted by molar-refractivity contribution is 0.0614. The fourth-order valence-corrected chi connectivity index (χ4v) is 2.50. The number of nitrogens with one attached hydrogen (secondary N) is 1. The molecule has 1 aromatic rings. The number of aromatic nitrogens is 2. The van der Waals surface area contributed by atoms with Crippen molar-refractivity contribution in [1.29, 1.82) is 0 Å². The van der Waals surface area contributed by atoms with E-state index in [1.165, 1.54) is 10.9 Å². The monoisotopic (exact) mass is 271 g/mol. The van der Waals surface area contributed by atoms with Crippen molar-refractivity contribution in [2.24, 2.45) is 0 Å². The maximum Gasteiger partial charge on any atom is 0.287 e. The van der Waals surface area contributed by atoms with Gasteiger partial charge in [-0.05, 0) is 19.8 Å². The van der Waals surface area contributed by atoms with E-state index in [4.69, 9.17) is 11.6 Å². The average Bonchev–Trinajstić information content (AvgIpc) is 2.79. The zero-order valence-electron chi connectivity index (χ0n) is 10.4. The molecule has 0 aliphatic heterocycles. The standard InChI is InChI=1S/C12H18ClN3O2/c1-2-16-11(17)10(13)9(7-15-16)14-8-12(18)5-3-4-6-12/h7,14,18H,2-6,8H2,1H3. The molecule has 100 valence electrons. The highest BCUT2D eigenvalue weighted by Crippen LogP contribution is 2.30. The van der Waals surface area contributed by atoms with E-state index in [1.807, 2.05) is 6.92 Å². The molecule has 0 bridgehead atoms. The highest BCUT2D eigenvalue weighted by atomic mass is 35.5. The summed E-state index contributed by atoms with van der Waals surface area (Å²) in [7, 11) is 0. The zero-order valence-corrected chi connectivity index (χ0v) is 11.2. The van der Waals surface area contributed by atoms with E-state index < -0.39 is 5.60 Å². The summed E-state index contributed by atoms with van der Waals surface area (Å²) in [6, 6.07) is 0. The highest BCUT2D eigenvalue weighted by Gasteiger charge is 2.30. The lowest BCUT2D eigenvalue weighted by atomic mass is 10.0. The Morgan fingerprint density at radius 2 is 2.22 bits per heavy atom. The van der Waals surface area contributed by atoms with E-state index in [-0.39, 0.29) is 10.6 Å². The predicted molar refractivity (Wildman–Crippen MR) is 71.1 cm³/mol. The molecule has 2 rings (SSSR count). The van der Waals surface area contributed by atoms with Gasteiger partial charge in [-0.15, -0.1) is 0 Å². The molecule has 0 unspecified atom stereocenters. The second-order valence-electron chi connectivity index (χ2n) is 4.78. The van der Waals surface area contributed by atoms with Crippen LogP contribution in [0.3, 0.4) is 0 Å². The minimum Gasteiger partial charge on any atom is -0.388 e. The molecule has 2 N–H and O–H groups in total. The first-order valence-corrected chi connectivity index (χ1v) is 6.65. The van der Waals surface area contributed by atoms with Gasteiger partial charge in [-0.1, -0.05) is 24.4 Å². The van der Waals surface area contributed by atoms with Crippen molar-refractivity contribution in [3.8, 4) is 0 Å². The van der Waals surface area contributed by atoms with Gasteiger partial charge in [0, 0.05) is 13.1 Å². The van der Waals surface area contributed by atoms with Gasteiger partial charge in [0.25, 0.3) is 5.56 Å². The fraction of sp³-hybridized carbons (Fsp3) is 0.667. The molecule has 1 aliphatic rings. The van der Waals surface area contributed by atoms with Crippen LogP contribution in [0.1, 0.15) is 32.6 Å². The Labute approximate surface area is 111 Å². The van der Waals surface area contributed by atoms with Gasteiger partial charge in [0.05, 0.1) is 17.5 Å². The summed E-state index contributed by atoms with van der Waals surface area (Å²) in [6.07, 6.45) is 5.20. The highest BCUT2D eigenvalue weighted by molar-refractivity contribution is 6.32. The van der Waals surface area contributed by atoms with Crippen LogP contribution >= 0.6 is 11.6 Å². The SMILES string of the molecule is CCn1ncc(NCC2(O)CCCC2)c(Cl)c1=O. The van der Waals surface area contributed by atoms with Crippen molar-refractivity contribution in [2.45, 2.75) is 44.8 Å². The molecule has 6 heteroatoms. The molecular weight excluding hydrogens is 254 g/mol. The van der Waals surface area contributed by atoms with Crippen molar-refractivity contribution >= 4 is 17.3 Å². The maximum absolute atomic E-state index is 11.8. The average molecular weight is 272 g/mol. The minimum atomic E-state index is -0.678. The second-order valence-corrected chi connectivity index (χ2v) is 5.16. The Morgan fingerprint density at radius 1 is 1.56 bits per heavy atom. The van der Waals surface area contributed by atoms with Crippen molar-refractivity contribution < 1.29 is 5.11 Å². The number of halogens is 1. The topological polar surface area (TPSA) is 67.2 Å². The Kier molecular flexibility index (Phi) is 3.92. The van der Waals surface area contributed by atoms with E-state index in [9.17, 15) is 9.90 Å². The normalized spacial score (nSPS) is 17.9. The van der Waals surface area contributed by atoms with Gasteiger partial charge < -0.3 is 10.4 Å². The molecule has 1 fully saturated rings. The molecular formula is C12H18ClN3O2. The lowest BCUT2D eigenvalue weighted by Crippen LogP contribution is -2.34. The van der Waals surface area contributed by atoms with E-state index >= 15 is 0 Å². The molecule has 1 heterocycles. The first-order chi connectivity index (χ1) is 8.56. The van der Waals surface area contributed by atoms with Crippen LogP contribution in [-0.4, -0.2) is 27.0 Å². The number of hydrogen-bond acceptors (Lipinski definition) is 4. The molecule has 0 radical (unpaired) electrons. The Bertz CT molecular complexity index is 481. The van der Waals surface area contributed by atoms with Crippen LogP contribution in [0.2, 0.25) is 5.02 Å².